The molecule has 4 heteroatoms. The third-order valence-electron chi connectivity index (χ3n) is 12.4. The molecule has 0 fully saturated rings. The number of aryl methyl sites for hydroxylation is 1. The number of fused-ring (bicyclic) bond motifs is 1. The lowest BCUT2D eigenvalue weighted by Gasteiger charge is -2.22. The summed E-state index contributed by atoms with van der Waals surface area (Å²) in [5.41, 5.74) is 14.6. The minimum absolute atomic E-state index is 0.00660. The van der Waals surface area contributed by atoms with E-state index in [1.165, 1.54) is 0 Å². The van der Waals surface area contributed by atoms with Crippen molar-refractivity contribution >= 4 is 11.0 Å². The van der Waals surface area contributed by atoms with E-state index < -0.39 is 12.7 Å². The van der Waals surface area contributed by atoms with Crippen LogP contribution in [0.15, 0.2) is 134 Å². The molecule has 0 saturated heterocycles. The molecule has 0 bridgehead atoms. The highest BCUT2D eigenvalue weighted by atomic mass is 16.3. The number of nitrogens with zero attached hydrogens (tertiary/aromatic N) is 3. The van der Waals surface area contributed by atoms with E-state index in [1.807, 2.05) is 91.3 Å². The molecule has 8 rings (SSSR count). The molecule has 0 aliphatic rings. The molecule has 0 atom stereocenters. The molecule has 4 nitrogen and oxygen atoms in total. The van der Waals surface area contributed by atoms with Crippen LogP contribution in [0.1, 0.15) is 139 Å². The van der Waals surface area contributed by atoms with Crippen molar-refractivity contribution in [2.24, 2.45) is 0 Å². The predicted octanol–water partition coefficient (Wildman–Crippen LogP) is 16.6. The molecule has 1 N–H and O–H groups in total. The van der Waals surface area contributed by atoms with Crippen molar-refractivity contribution in [3.63, 3.8) is 0 Å². The summed E-state index contributed by atoms with van der Waals surface area (Å²) in [6, 6.07) is 43.0. The number of pyridine rings is 1. The number of hydrogen-bond donors (Lipinski definition) is 1. The second-order valence-electron chi connectivity index (χ2n) is 19.3. The summed E-state index contributed by atoms with van der Waals surface area (Å²) in [5, 5.41) is 12.3. The summed E-state index contributed by atoms with van der Waals surface area (Å²) in [4.78, 5) is 10.4. The van der Waals surface area contributed by atoms with Crippen LogP contribution < -0.4 is 0 Å². The number of rotatable bonds is 10. The van der Waals surface area contributed by atoms with E-state index >= 15 is 0 Å². The third-order valence-corrected chi connectivity index (χ3v) is 12.4. The van der Waals surface area contributed by atoms with Gasteiger partial charge < -0.3 is 5.11 Å². The molecular formula is C59H63N3O. The van der Waals surface area contributed by atoms with Crippen molar-refractivity contribution in [2.75, 3.05) is 0 Å². The highest BCUT2D eigenvalue weighted by molar-refractivity contribution is 5.97. The molecule has 63 heavy (non-hydrogen) atoms. The van der Waals surface area contributed by atoms with Gasteiger partial charge in [0, 0.05) is 22.8 Å². The molecule has 2 heterocycles. The van der Waals surface area contributed by atoms with Gasteiger partial charge in [-0.15, -0.1) is 0 Å². The van der Waals surface area contributed by atoms with Crippen LogP contribution in [0.2, 0.25) is 0 Å². The lowest BCUT2D eigenvalue weighted by Crippen LogP contribution is -2.11. The molecular weight excluding hydrogens is 767 g/mol. The Morgan fingerprint density at radius 3 is 2.00 bits per heavy atom. The average molecular weight is 834 g/mol. The minimum atomic E-state index is -2.55. The Balaban J connectivity index is 1.45. The monoisotopic (exact) mass is 834 g/mol. The van der Waals surface area contributed by atoms with E-state index in [1.54, 1.807) is 6.07 Å². The van der Waals surface area contributed by atoms with Gasteiger partial charge in [-0.3, -0.25) is 9.55 Å². The largest absolute Gasteiger partial charge is 0.507 e. The minimum Gasteiger partial charge on any atom is -0.507 e. The van der Waals surface area contributed by atoms with Crippen molar-refractivity contribution in [3.05, 3.63) is 167 Å². The number of phenolic OH excluding ortho intramolecular Hbond substituents is 1. The maximum absolute atomic E-state index is 12.3. The van der Waals surface area contributed by atoms with Crippen LogP contribution in [0.5, 0.6) is 5.75 Å². The lowest BCUT2D eigenvalue weighted by molar-refractivity contribution is 0.466. The Labute approximate surface area is 381 Å². The molecule has 320 valence electrons. The number of benzene rings is 6. The second kappa shape index (κ2) is 17.1. The zero-order valence-corrected chi connectivity index (χ0v) is 38.7. The van der Waals surface area contributed by atoms with E-state index in [2.05, 4.69) is 117 Å². The number of hydrogen-bond acceptors (Lipinski definition) is 3. The van der Waals surface area contributed by atoms with Gasteiger partial charge in [0.15, 0.2) is 0 Å². The summed E-state index contributed by atoms with van der Waals surface area (Å²) in [7, 11) is 0. The first kappa shape index (κ1) is 38.4. The Morgan fingerprint density at radius 1 is 0.603 bits per heavy atom. The molecule has 8 aromatic rings. The molecule has 0 saturated carbocycles. The third kappa shape index (κ3) is 8.36. The van der Waals surface area contributed by atoms with Crippen LogP contribution in [-0.2, 0) is 5.41 Å². The first-order valence-electron chi connectivity index (χ1n) is 24.4. The topological polar surface area (TPSA) is 50.9 Å². The summed E-state index contributed by atoms with van der Waals surface area (Å²) >= 11 is 0. The maximum atomic E-state index is 12.3. The van der Waals surface area contributed by atoms with Crippen molar-refractivity contribution in [1.82, 2.24) is 14.5 Å². The first-order valence-corrected chi connectivity index (χ1v) is 22.4. The van der Waals surface area contributed by atoms with Gasteiger partial charge in [-0.1, -0.05) is 155 Å². The van der Waals surface area contributed by atoms with Crippen molar-refractivity contribution < 1.29 is 10.6 Å². The fourth-order valence-corrected chi connectivity index (χ4v) is 8.82. The maximum Gasteiger partial charge on any atom is 0.149 e. The Hall–Kier alpha value is -6.26. The standard InChI is InChI=1S/C59H63N3O/c1-35(2)43-32-50(38(7)8)57(63)51(33-43)58-61-56-49(44-29-45(31-46(30-44)59(10,11)12)52-34-41(26-27-60-52)40-18-14-13-15-19-40)22-17-23-54(56)62(58)53-25-24-42(28-39(53)9)55-47(36(3)4)20-16-21-48(55)37(5)6/h13-38,63H,1-12H3/i9D3,36D. The SMILES string of the molecule is [2H]C([2H])([2H])c1cc(-c2c(C(C)C)cccc2C([2H])(C)C)ccc1-n1c(-c2cc(C(C)C)cc(C(C)C)c2O)nc2c(-c3cc(-c4cc(-c5ccccc5)ccn4)cc(C(C)(C)C)c3)cccc21. The summed E-state index contributed by atoms with van der Waals surface area (Å²) in [6.45, 7) is 20.5. The average Bonchev–Trinajstić information content (AvgIpc) is 3.67. The fourth-order valence-electron chi connectivity index (χ4n) is 8.82. The van der Waals surface area contributed by atoms with E-state index in [0.717, 1.165) is 72.5 Å². The Kier molecular flexibility index (Phi) is 10.4. The van der Waals surface area contributed by atoms with Crippen LogP contribution in [0.3, 0.4) is 0 Å². The normalized spacial score (nSPS) is 13.4. The van der Waals surface area contributed by atoms with E-state index in [-0.39, 0.29) is 34.5 Å². The van der Waals surface area contributed by atoms with Gasteiger partial charge in [0.1, 0.15) is 11.6 Å². The molecule has 0 amide bonds. The van der Waals surface area contributed by atoms with Crippen LogP contribution in [0.25, 0.3) is 72.7 Å². The van der Waals surface area contributed by atoms with Crippen molar-refractivity contribution in [1.29, 1.82) is 0 Å². The highest BCUT2D eigenvalue weighted by Crippen LogP contribution is 2.44. The Bertz CT molecular complexity index is 3130. The summed E-state index contributed by atoms with van der Waals surface area (Å²) in [5.74, 6) is -0.0929. The van der Waals surface area contributed by atoms with E-state index in [9.17, 15) is 5.11 Å². The number of imidazole rings is 1. The molecule has 6 aromatic carbocycles. The van der Waals surface area contributed by atoms with Gasteiger partial charge in [0.2, 0.25) is 0 Å². The number of aromatic hydroxyl groups is 1. The predicted molar refractivity (Wildman–Crippen MR) is 268 cm³/mol. The zero-order valence-electron chi connectivity index (χ0n) is 42.7. The molecule has 0 aliphatic carbocycles. The van der Waals surface area contributed by atoms with Crippen molar-refractivity contribution in [3.8, 4) is 67.5 Å². The second-order valence-corrected chi connectivity index (χ2v) is 19.3. The summed E-state index contributed by atoms with van der Waals surface area (Å²) in [6.07, 6.45) is 1.86. The number of para-hydroxylation sites is 1. The van der Waals surface area contributed by atoms with Crippen LogP contribution >= 0.6 is 0 Å². The van der Waals surface area contributed by atoms with Gasteiger partial charge in [0.25, 0.3) is 0 Å². The first-order chi connectivity index (χ1) is 31.5. The smallest absolute Gasteiger partial charge is 0.149 e. The quantitative estimate of drug-likeness (QED) is 0.149. The van der Waals surface area contributed by atoms with Gasteiger partial charge in [-0.2, -0.15) is 0 Å². The van der Waals surface area contributed by atoms with Crippen LogP contribution in [0.4, 0.5) is 0 Å². The summed E-state index contributed by atoms with van der Waals surface area (Å²) < 4.78 is 38.5. The number of aromatic nitrogens is 3. The van der Waals surface area contributed by atoms with E-state index in [0.29, 0.717) is 28.1 Å². The molecule has 2 aromatic heterocycles. The van der Waals surface area contributed by atoms with Crippen LogP contribution in [0, 0.1) is 6.85 Å². The molecule has 0 radical (unpaired) electrons. The number of phenols is 1. The van der Waals surface area contributed by atoms with Crippen molar-refractivity contribution in [2.45, 2.75) is 112 Å². The van der Waals surface area contributed by atoms with Gasteiger partial charge in [-0.25, -0.2) is 4.98 Å². The molecule has 0 aliphatic heterocycles. The van der Waals surface area contributed by atoms with Gasteiger partial charge >= 0.3 is 0 Å². The van der Waals surface area contributed by atoms with Gasteiger partial charge in [-0.05, 0) is 146 Å². The van der Waals surface area contributed by atoms with Gasteiger partial charge in [0.05, 0.1) is 28.0 Å². The van der Waals surface area contributed by atoms with E-state index in [4.69, 9.17) is 15.5 Å². The highest BCUT2D eigenvalue weighted by Gasteiger charge is 2.26. The molecule has 0 unspecified atom stereocenters. The van der Waals surface area contributed by atoms with Crippen LogP contribution in [-0.4, -0.2) is 19.6 Å². The molecule has 0 spiro atoms. The Morgan fingerprint density at radius 2 is 1.32 bits per heavy atom. The fraction of sp³-hybridized carbons (Fsp3) is 0.288. The lowest BCUT2D eigenvalue weighted by atomic mass is 9.83. The zero-order chi connectivity index (χ0) is 48.3.